The number of carbonyl (C=O) groups is 1. The number of carbonyl (C=O) groups excluding carboxylic acids is 1. The Kier molecular flexibility index (Phi) is 7.55. The van der Waals surface area contributed by atoms with Crippen LogP contribution in [0.15, 0.2) is 40.6 Å². The Hall–Kier alpha value is -1.88. The van der Waals surface area contributed by atoms with Gasteiger partial charge < -0.3 is 10.3 Å². The van der Waals surface area contributed by atoms with Gasteiger partial charge in [0.05, 0.1) is 23.5 Å². The number of amides is 1. The van der Waals surface area contributed by atoms with Crippen LogP contribution in [0.5, 0.6) is 0 Å². The molecule has 0 spiro atoms. The molecule has 2 aromatic heterocycles. The molecule has 10 heteroatoms. The summed E-state index contributed by atoms with van der Waals surface area (Å²) in [6.45, 7) is 1.15. The number of benzene rings is 1. The molecule has 4 rings (SSSR count). The number of imidazole rings is 1. The molecule has 1 aromatic carbocycles. The summed E-state index contributed by atoms with van der Waals surface area (Å²) in [5.74, 6) is 1.49. The third-order valence-electron chi connectivity index (χ3n) is 5.56. The fourth-order valence-corrected chi connectivity index (χ4v) is 7.38. The molecule has 1 unspecified atom stereocenters. The molecule has 172 valence electrons. The second-order valence-electron chi connectivity index (χ2n) is 7.90. The molecule has 0 radical (unpaired) electrons. The van der Waals surface area contributed by atoms with Crippen molar-refractivity contribution in [2.24, 2.45) is 0 Å². The highest BCUT2D eigenvalue weighted by Gasteiger charge is 2.27. The summed E-state index contributed by atoms with van der Waals surface area (Å²) in [5.41, 5.74) is 1.81. The number of piperidine rings is 1. The Morgan fingerprint density at radius 3 is 2.75 bits per heavy atom. The van der Waals surface area contributed by atoms with E-state index in [-0.39, 0.29) is 18.4 Å². The zero-order chi connectivity index (χ0) is 22.6. The molecule has 2 N–H and O–H groups in total. The molecular weight excluding hydrogens is 464 g/mol. The zero-order valence-electron chi connectivity index (χ0n) is 18.0. The quantitative estimate of drug-likeness (QED) is 0.472. The van der Waals surface area contributed by atoms with Gasteiger partial charge in [0.2, 0.25) is 5.91 Å². The Bertz CT molecular complexity index is 1130. The maximum Gasteiger partial charge on any atom is 0.252 e. The van der Waals surface area contributed by atoms with E-state index in [0.29, 0.717) is 17.3 Å². The minimum atomic E-state index is -3.47. The molecule has 0 bridgehead atoms. The van der Waals surface area contributed by atoms with Crippen molar-refractivity contribution in [3.05, 3.63) is 47.1 Å². The molecule has 0 saturated carbocycles. The van der Waals surface area contributed by atoms with E-state index in [0.717, 1.165) is 53.2 Å². The topological polar surface area (TPSA) is 95.2 Å². The van der Waals surface area contributed by atoms with E-state index in [9.17, 15) is 13.2 Å². The number of hydrogen-bond acceptors (Lipinski definition) is 6. The Morgan fingerprint density at radius 2 is 2.00 bits per heavy atom. The van der Waals surface area contributed by atoms with Crippen LogP contribution in [-0.2, 0) is 21.2 Å². The number of thioether (sulfide) groups is 1. The highest BCUT2D eigenvalue weighted by atomic mass is 32.2. The van der Waals surface area contributed by atoms with E-state index < -0.39 is 10.0 Å². The van der Waals surface area contributed by atoms with Gasteiger partial charge >= 0.3 is 0 Å². The minimum absolute atomic E-state index is 0.139. The first-order valence-electron chi connectivity index (χ1n) is 10.8. The van der Waals surface area contributed by atoms with Gasteiger partial charge in [-0.1, -0.05) is 18.6 Å². The summed E-state index contributed by atoms with van der Waals surface area (Å²) in [4.78, 5) is 21.5. The lowest BCUT2D eigenvalue weighted by molar-refractivity contribution is -0.121. The molecule has 1 amide bonds. The predicted octanol–water partition coefficient (Wildman–Crippen LogP) is 3.95. The molecule has 3 heterocycles. The van der Waals surface area contributed by atoms with Crippen molar-refractivity contribution in [3.8, 4) is 0 Å². The second-order valence-corrected chi connectivity index (χ2v) is 12.2. The molecule has 1 atom stereocenters. The average molecular weight is 493 g/mol. The number of nitrogens with zero attached hydrogens (tertiary/aromatic N) is 2. The summed E-state index contributed by atoms with van der Waals surface area (Å²) < 4.78 is 27.6. The molecule has 7 nitrogen and oxygen atoms in total. The first-order valence-corrected chi connectivity index (χ1v) is 14.4. The van der Waals surface area contributed by atoms with Crippen LogP contribution in [0.25, 0.3) is 11.0 Å². The average Bonchev–Trinajstić information content (AvgIpc) is 3.44. The van der Waals surface area contributed by atoms with Crippen molar-refractivity contribution in [2.75, 3.05) is 25.1 Å². The fraction of sp³-hybridized carbons (Fsp3) is 0.455. The number of H-pyrrole nitrogens is 1. The van der Waals surface area contributed by atoms with Crippen LogP contribution < -0.4 is 5.32 Å². The van der Waals surface area contributed by atoms with E-state index in [1.807, 2.05) is 30.5 Å². The number of aromatic nitrogens is 2. The molecule has 32 heavy (non-hydrogen) atoms. The number of rotatable bonds is 9. The predicted molar refractivity (Wildman–Crippen MR) is 131 cm³/mol. The van der Waals surface area contributed by atoms with Crippen LogP contribution in [0.4, 0.5) is 0 Å². The zero-order valence-corrected chi connectivity index (χ0v) is 20.5. The fourth-order valence-electron chi connectivity index (χ4n) is 3.88. The highest BCUT2D eigenvalue weighted by molar-refractivity contribution is 7.98. The lowest BCUT2D eigenvalue weighted by Crippen LogP contribution is -2.35. The van der Waals surface area contributed by atoms with Crippen molar-refractivity contribution in [1.82, 2.24) is 19.6 Å². The summed E-state index contributed by atoms with van der Waals surface area (Å²) in [6, 6.07) is 11.0. The molecule has 1 aliphatic rings. The molecule has 0 aliphatic carbocycles. The van der Waals surface area contributed by atoms with Gasteiger partial charge in [0, 0.05) is 18.0 Å². The van der Waals surface area contributed by atoms with Crippen LogP contribution in [-0.4, -0.2) is 53.7 Å². The largest absolute Gasteiger partial charge is 0.346 e. The standard InChI is InChI=1S/C22H28N4O3S3/c1-30-14-11-19(22-24-17-7-3-4-8-18(17)25-22)23-20(27)15-16-9-10-21(31-16)32(28,29)26-12-5-2-6-13-26/h3-4,7-10,19H,2,5-6,11-15H2,1H3,(H,23,27)(H,24,25). The monoisotopic (exact) mass is 492 g/mol. The maximum atomic E-state index is 12.9. The SMILES string of the molecule is CSCCC(NC(=O)Cc1ccc(S(=O)(=O)N2CCCCC2)s1)c1nc2ccccc2[nH]1. The van der Waals surface area contributed by atoms with Crippen molar-refractivity contribution in [1.29, 1.82) is 0 Å². The van der Waals surface area contributed by atoms with Gasteiger partial charge in [-0.15, -0.1) is 11.3 Å². The maximum absolute atomic E-state index is 12.9. The number of sulfonamides is 1. The molecule has 1 saturated heterocycles. The van der Waals surface area contributed by atoms with Gasteiger partial charge in [-0.25, -0.2) is 13.4 Å². The smallest absolute Gasteiger partial charge is 0.252 e. The van der Waals surface area contributed by atoms with Crippen molar-refractivity contribution in [3.63, 3.8) is 0 Å². The molecule has 1 aliphatic heterocycles. The van der Waals surface area contributed by atoms with Crippen LogP contribution in [0.1, 0.15) is 42.4 Å². The first-order chi connectivity index (χ1) is 15.5. The summed E-state index contributed by atoms with van der Waals surface area (Å²) >= 11 is 2.91. The minimum Gasteiger partial charge on any atom is -0.346 e. The van der Waals surface area contributed by atoms with Crippen LogP contribution in [0.2, 0.25) is 0 Å². The second kappa shape index (κ2) is 10.4. The van der Waals surface area contributed by atoms with E-state index in [1.165, 1.54) is 11.3 Å². The van der Waals surface area contributed by atoms with Crippen molar-refractivity contribution >= 4 is 50.1 Å². The Balaban J connectivity index is 1.44. The van der Waals surface area contributed by atoms with Crippen molar-refractivity contribution < 1.29 is 13.2 Å². The third-order valence-corrected chi connectivity index (χ3v) is 9.66. The third kappa shape index (κ3) is 5.36. The van der Waals surface area contributed by atoms with Crippen molar-refractivity contribution in [2.45, 2.75) is 42.4 Å². The lowest BCUT2D eigenvalue weighted by Gasteiger charge is -2.25. The normalized spacial score (nSPS) is 16.3. The van der Waals surface area contributed by atoms with Crippen LogP contribution in [0.3, 0.4) is 0 Å². The lowest BCUT2D eigenvalue weighted by atomic mass is 10.2. The number of para-hydroxylation sites is 2. The first kappa shape index (κ1) is 23.3. The van der Waals surface area contributed by atoms with Gasteiger partial charge in [-0.3, -0.25) is 4.79 Å². The summed E-state index contributed by atoms with van der Waals surface area (Å²) in [5, 5.41) is 3.09. The molecule has 1 fully saturated rings. The van der Waals surface area contributed by atoms with E-state index in [4.69, 9.17) is 0 Å². The van der Waals surface area contributed by atoms with E-state index in [2.05, 4.69) is 15.3 Å². The Labute approximate surface area is 197 Å². The van der Waals surface area contributed by atoms with Gasteiger partial charge in [0.1, 0.15) is 10.0 Å². The number of nitrogens with one attached hydrogen (secondary N) is 2. The Morgan fingerprint density at radius 1 is 1.22 bits per heavy atom. The van der Waals surface area contributed by atoms with Gasteiger partial charge in [0.15, 0.2) is 0 Å². The number of aromatic amines is 1. The number of hydrogen-bond donors (Lipinski definition) is 2. The van der Waals surface area contributed by atoms with E-state index in [1.54, 1.807) is 28.2 Å². The molecular formula is C22H28N4O3S3. The number of fused-ring (bicyclic) bond motifs is 1. The van der Waals surface area contributed by atoms with E-state index >= 15 is 0 Å². The summed E-state index contributed by atoms with van der Waals surface area (Å²) in [6.07, 6.45) is 5.82. The van der Waals surface area contributed by atoms with Gasteiger partial charge in [-0.05, 0) is 55.5 Å². The van der Waals surface area contributed by atoms with Gasteiger partial charge in [-0.2, -0.15) is 16.1 Å². The highest BCUT2D eigenvalue weighted by Crippen LogP contribution is 2.28. The van der Waals surface area contributed by atoms with Gasteiger partial charge in [0.25, 0.3) is 10.0 Å². The van der Waals surface area contributed by atoms with Crippen LogP contribution in [0, 0.1) is 0 Å². The number of thiophene rings is 1. The summed E-state index contributed by atoms with van der Waals surface area (Å²) in [7, 11) is -3.47. The molecule has 3 aromatic rings. The van der Waals surface area contributed by atoms with Crippen LogP contribution >= 0.6 is 23.1 Å².